The summed E-state index contributed by atoms with van der Waals surface area (Å²) in [5.41, 5.74) is 2.50. The third kappa shape index (κ3) is 3.73. The van der Waals surface area contributed by atoms with E-state index in [1.54, 1.807) is 11.3 Å². The molecule has 0 saturated carbocycles. The van der Waals surface area contributed by atoms with Gasteiger partial charge in [-0.1, -0.05) is 29.8 Å². The zero-order valence-electron chi connectivity index (χ0n) is 10.6. The van der Waals surface area contributed by atoms with Gasteiger partial charge in [0.1, 0.15) is 0 Å². The standard InChI is InChI=1S/C14H17ClN2S/c1-17(2)10-11-5-3-4-6-13(11)16-9-12-7-8-14(15)18-12/h3-8,16H,9-10H2,1-2H3. The molecule has 1 aromatic carbocycles. The van der Waals surface area contributed by atoms with E-state index in [4.69, 9.17) is 11.6 Å². The first-order chi connectivity index (χ1) is 8.65. The molecule has 0 aliphatic rings. The molecule has 0 radical (unpaired) electrons. The minimum atomic E-state index is 0.821. The van der Waals surface area contributed by atoms with Crippen LogP contribution in [0.3, 0.4) is 0 Å². The van der Waals surface area contributed by atoms with E-state index in [2.05, 4.69) is 54.6 Å². The number of benzene rings is 1. The summed E-state index contributed by atoms with van der Waals surface area (Å²) in [6, 6.07) is 12.4. The molecule has 0 spiro atoms. The molecule has 1 N–H and O–H groups in total. The summed E-state index contributed by atoms with van der Waals surface area (Å²) >= 11 is 7.55. The molecule has 18 heavy (non-hydrogen) atoms. The summed E-state index contributed by atoms with van der Waals surface area (Å²) in [6.07, 6.45) is 0. The van der Waals surface area contributed by atoms with E-state index in [-0.39, 0.29) is 0 Å². The third-order valence-electron chi connectivity index (χ3n) is 2.59. The third-order valence-corrected chi connectivity index (χ3v) is 3.82. The van der Waals surface area contributed by atoms with Crippen molar-refractivity contribution in [3.05, 3.63) is 51.2 Å². The van der Waals surface area contributed by atoms with Crippen molar-refractivity contribution in [3.63, 3.8) is 0 Å². The molecule has 2 aromatic rings. The lowest BCUT2D eigenvalue weighted by Gasteiger charge is -2.15. The van der Waals surface area contributed by atoms with Crippen molar-refractivity contribution in [2.24, 2.45) is 0 Å². The monoisotopic (exact) mass is 280 g/mol. The van der Waals surface area contributed by atoms with Gasteiger partial charge < -0.3 is 10.2 Å². The zero-order chi connectivity index (χ0) is 13.0. The van der Waals surface area contributed by atoms with Gasteiger partial charge in [0.25, 0.3) is 0 Å². The first-order valence-corrected chi connectivity index (χ1v) is 7.05. The molecule has 2 rings (SSSR count). The number of rotatable bonds is 5. The van der Waals surface area contributed by atoms with Crippen molar-refractivity contribution in [2.75, 3.05) is 19.4 Å². The molecule has 0 saturated heterocycles. The van der Waals surface area contributed by atoms with Crippen LogP contribution in [0.4, 0.5) is 5.69 Å². The topological polar surface area (TPSA) is 15.3 Å². The Labute approximate surface area is 117 Å². The Morgan fingerprint density at radius 2 is 1.94 bits per heavy atom. The maximum absolute atomic E-state index is 5.93. The number of nitrogens with one attached hydrogen (secondary N) is 1. The maximum atomic E-state index is 5.93. The average molecular weight is 281 g/mol. The number of hydrogen-bond donors (Lipinski definition) is 1. The molecule has 96 valence electrons. The molecule has 2 nitrogen and oxygen atoms in total. The molecule has 0 unspecified atom stereocenters. The SMILES string of the molecule is CN(C)Cc1ccccc1NCc1ccc(Cl)s1. The average Bonchev–Trinajstić information content (AvgIpc) is 2.73. The number of hydrogen-bond acceptors (Lipinski definition) is 3. The Bertz CT molecular complexity index is 508. The van der Waals surface area contributed by atoms with Crippen LogP contribution in [0, 0.1) is 0 Å². The van der Waals surface area contributed by atoms with Crippen LogP contribution in [0.5, 0.6) is 0 Å². The van der Waals surface area contributed by atoms with Gasteiger partial charge in [-0.3, -0.25) is 0 Å². The van der Waals surface area contributed by atoms with Gasteiger partial charge in [0.2, 0.25) is 0 Å². The minimum Gasteiger partial charge on any atom is -0.380 e. The fourth-order valence-electron chi connectivity index (χ4n) is 1.80. The van der Waals surface area contributed by atoms with Gasteiger partial charge in [-0.25, -0.2) is 0 Å². The Balaban J connectivity index is 2.04. The van der Waals surface area contributed by atoms with Crippen molar-refractivity contribution in [2.45, 2.75) is 13.1 Å². The lowest BCUT2D eigenvalue weighted by molar-refractivity contribution is 0.403. The van der Waals surface area contributed by atoms with Crippen molar-refractivity contribution >= 4 is 28.6 Å². The zero-order valence-corrected chi connectivity index (χ0v) is 12.2. The molecule has 0 amide bonds. The van der Waals surface area contributed by atoms with E-state index in [9.17, 15) is 0 Å². The maximum Gasteiger partial charge on any atom is 0.0931 e. The molecule has 1 heterocycles. The second-order valence-electron chi connectivity index (χ2n) is 4.45. The van der Waals surface area contributed by atoms with Gasteiger partial charge in [0.05, 0.1) is 4.34 Å². The number of nitrogens with zero attached hydrogens (tertiary/aromatic N) is 1. The van der Waals surface area contributed by atoms with Crippen LogP contribution in [0.2, 0.25) is 4.34 Å². The summed E-state index contributed by atoms with van der Waals surface area (Å²) in [5.74, 6) is 0. The summed E-state index contributed by atoms with van der Waals surface area (Å²) in [5, 5.41) is 3.47. The van der Waals surface area contributed by atoms with Crippen molar-refractivity contribution in [1.82, 2.24) is 4.90 Å². The Morgan fingerprint density at radius 1 is 1.17 bits per heavy atom. The highest BCUT2D eigenvalue weighted by molar-refractivity contribution is 7.16. The van der Waals surface area contributed by atoms with E-state index in [1.165, 1.54) is 16.1 Å². The first kappa shape index (κ1) is 13.4. The number of para-hydroxylation sites is 1. The molecule has 1 aromatic heterocycles. The van der Waals surface area contributed by atoms with E-state index < -0.39 is 0 Å². The quantitative estimate of drug-likeness (QED) is 0.888. The largest absolute Gasteiger partial charge is 0.380 e. The van der Waals surface area contributed by atoms with Gasteiger partial charge in [0.15, 0.2) is 0 Å². The van der Waals surface area contributed by atoms with Crippen LogP contribution in [-0.4, -0.2) is 19.0 Å². The van der Waals surface area contributed by atoms with Gasteiger partial charge in [-0.2, -0.15) is 0 Å². The van der Waals surface area contributed by atoms with Crippen molar-refractivity contribution in [3.8, 4) is 0 Å². The fourth-order valence-corrected chi connectivity index (χ4v) is 2.83. The molecule has 0 bridgehead atoms. The van der Waals surface area contributed by atoms with Gasteiger partial charge in [-0.05, 0) is 37.9 Å². The Morgan fingerprint density at radius 3 is 2.61 bits per heavy atom. The highest BCUT2D eigenvalue weighted by atomic mass is 35.5. The summed E-state index contributed by atoms with van der Waals surface area (Å²) < 4.78 is 0.841. The highest BCUT2D eigenvalue weighted by Gasteiger charge is 2.03. The summed E-state index contributed by atoms with van der Waals surface area (Å²) in [4.78, 5) is 3.42. The molecule has 0 aliphatic heterocycles. The fraction of sp³-hybridized carbons (Fsp3) is 0.286. The van der Waals surface area contributed by atoms with Gasteiger partial charge in [-0.15, -0.1) is 11.3 Å². The molecule has 4 heteroatoms. The van der Waals surface area contributed by atoms with Crippen molar-refractivity contribution in [1.29, 1.82) is 0 Å². The summed E-state index contributed by atoms with van der Waals surface area (Å²) in [6.45, 7) is 1.76. The van der Waals surface area contributed by atoms with E-state index in [0.29, 0.717) is 0 Å². The minimum absolute atomic E-state index is 0.821. The van der Waals surface area contributed by atoms with Crippen LogP contribution in [-0.2, 0) is 13.1 Å². The Hall–Kier alpha value is -1.03. The van der Waals surface area contributed by atoms with E-state index >= 15 is 0 Å². The highest BCUT2D eigenvalue weighted by Crippen LogP contribution is 2.23. The predicted molar refractivity (Wildman–Crippen MR) is 80.5 cm³/mol. The Kier molecular flexibility index (Phi) is 4.64. The van der Waals surface area contributed by atoms with Gasteiger partial charge in [0, 0.05) is 23.7 Å². The van der Waals surface area contributed by atoms with Crippen LogP contribution in [0.1, 0.15) is 10.4 Å². The normalized spacial score (nSPS) is 10.9. The van der Waals surface area contributed by atoms with Crippen molar-refractivity contribution < 1.29 is 0 Å². The van der Waals surface area contributed by atoms with Crippen LogP contribution in [0.25, 0.3) is 0 Å². The first-order valence-electron chi connectivity index (χ1n) is 5.86. The smallest absolute Gasteiger partial charge is 0.0931 e. The van der Waals surface area contributed by atoms with Gasteiger partial charge >= 0.3 is 0 Å². The second kappa shape index (κ2) is 6.23. The van der Waals surface area contributed by atoms with Crippen LogP contribution in [0.15, 0.2) is 36.4 Å². The predicted octanol–water partition coefficient (Wildman–Crippen LogP) is 4.08. The van der Waals surface area contributed by atoms with E-state index in [0.717, 1.165) is 17.4 Å². The van der Waals surface area contributed by atoms with E-state index in [1.807, 2.05) is 6.07 Å². The van der Waals surface area contributed by atoms with Crippen LogP contribution >= 0.6 is 22.9 Å². The second-order valence-corrected chi connectivity index (χ2v) is 6.25. The molecular formula is C14H17ClN2S. The molecule has 0 aliphatic carbocycles. The molecular weight excluding hydrogens is 264 g/mol. The summed E-state index contributed by atoms with van der Waals surface area (Å²) in [7, 11) is 4.16. The van der Waals surface area contributed by atoms with Crippen LogP contribution < -0.4 is 5.32 Å². The number of halogens is 1. The number of anilines is 1. The molecule has 0 fully saturated rings. The lowest BCUT2D eigenvalue weighted by Crippen LogP contribution is -2.12. The molecule has 0 atom stereocenters. The number of thiophene rings is 1. The lowest BCUT2D eigenvalue weighted by atomic mass is 10.1.